The Bertz CT molecular complexity index is 397. The Balaban J connectivity index is 0.00000361. The van der Waals surface area contributed by atoms with E-state index in [0.29, 0.717) is 12.2 Å². The molecular weight excluding hydrogens is 294 g/mol. The van der Waals surface area contributed by atoms with Crippen molar-refractivity contribution in [3.8, 4) is 0 Å². The number of hydrogen-bond acceptors (Lipinski definition) is 4. The first-order chi connectivity index (χ1) is 9.10. The van der Waals surface area contributed by atoms with Crippen LogP contribution in [0.15, 0.2) is 5.38 Å². The number of nitrogens with zero attached hydrogens (tertiary/aromatic N) is 1. The quantitative estimate of drug-likeness (QED) is 0.774. The molecule has 0 atom stereocenters. The van der Waals surface area contributed by atoms with Gasteiger partial charge in [0.05, 0.1) is 5.01 Å². The molecule has 0 fully saturated rings. The Labute approximate surface area is 132 Å². The SMILES string of the molecule is CCC(CC)(CC)CNC(=O)c1csc(CCN)n1.Cl. The third-order valence-corrected chi connectivity index (χ3v) is 4.93. The van der Waals surface area contributed by atoms with Crippen LogP contribution in [0.4, 0.5) is 0 Å². The van der Waals surface area contributed by atoms with Gasteiger partial charge in [-0.1, -0.05) is 20.8 Å². The van der Waals surface area contributed by atoms with Crippen molar-refractivity contribution in [3.05, 3.63) is 16.1 Å². The van der Waals surface area contributed by atoms with E-state index in [4.69, 9.17) is 5.73 Å². The fourth-order valence-electron chi connectivity index (χ4n) is 2.14. The van der Waals surface area contributed by atoms with Gasteiger partial charge in [0.2, 0.25) is 0 Å². The van der Waals surface area contributed by atoms with Gasteiger partial charge in [-0.25, -0.2) is 4.98 Å². The molecule has 20 heavy (non-hydrogen) atoms. The molecule has 0 aliphatic rings. The number of amides is 1. The van der Waals surface area contributed by atoms with Crippen molar-refractivity contribution in [3.63, 3.8) is 0 Å². The maximum absolute atomic E-state index is 12.1. The lowest BCUT2D eigenvalue weighted by Gasteiger charge is -2.30. The standard InChI is InChI=1S/C14H25N3OS.ClH/c1-4-14(5-2,6-3)10-16-13(18)11-9-19-12(17-11)7-8-15;/h9H,4-8,10,15H2,1-3H3,(H,16,18);1H. The topological polar surface area (TPSA) is 68.0 Å². The molecule has 0 saturated heterocycles. The number of rotatable bonds is 8. The van der Waals surface area contributed by atoms with Gasteiger partial charge in [0.25, 0.3) is 5.91 Å². The van der Waals surface area contributed by atoms with Crippen molar-refractivity contribution in [1.29, 1.82) is 0 Å². The lowest BCUT2D eigenvalue weighted by atomic mass is 9.80. The number of hydrogen-bond donors (Lipinski definition) is 2. The third-order valence-electron chi connectivity index (χ3n) is 4.02. The number of nitrogens with two attached hydrogens (primary N) is 1. The van der Waals surface area contributed by atoms with Gasteiger partial charge in [0, 0.05) is 18.3 Å². The zero-order chi connectivity index (χ0) is 14.3. The molecule has 4 nitrogen and oxygen atoms in total. The molecule has 0 saturated carbocycles. The fraction of sp³-hybridized carbons (Fsp3) is 0.714. The second kappa shape index (κ2) is 9.32. The van der Waals surface area contributed by atoms with Gasteiger partial charge < -0.3 is 11.1 Å². The van der Waals surface area contributed by atoms with Crippen LogP contribution in [0.1, 0.15) is 55.5 Å². The second-order valence-electron chi connectivity index (χ2n) is 4.91. The molecule has 0 spiro atoms. The minimum atomic E-state index is -0.0701. The molecular formula is C14H26ClN3OS. The first kappa shape index (κ1) is 19.4. The first-order valence-corrected chi connectivity index (χ1v) is 7.91. The first-order valence-electron chi connectivity index (χ1n) is 7.03. The van der Waals surface area contributed by atoms with Gasteiger partial charge in [0.15, 0.2) is 0 Å². The van der Waals surface area contributed by atoms with Crippen molar-refractivity contribution in [2.75, 3.05) is 13.1 Å². The molecule has 0 aliphatic carbocycles. The maximum atomic E-state index is 12.1. The number of carbonyl (C=O) groups excluding carboxylic acids is 1. The van der Waals surface area contributed by atoms with E-state index in [1.165, 1.54) is 11.3 Å². The Morgan fingerprint density at radius 2 is 1.95 bits per heavy atom. The van der Waals surface area contributed by atoms with Crippen LogP contribution in [-0.2, 0) is 6.42 Å². The predicted octanol–water partition coefficient (Wildman–Crippen LogP) is 3.01. The molecule has 1 amide bonds. The molecule has 6 heteroatoms. The summed E-state index contributed by atoms with van der Waals surface area (Å²) in [6.45, 7) is 7.84. The molecule has 3 N–H and O–H groups in total. The van der Waals surface area contributed by atoms with Gasteiger partial charge in [-0.15, -0.1) is 23.7 Å². The lowest BCUT2D eigenvalue weighted by molar-refractivity contribution is 0.0919. The molecule has 116 valence electrons. The highest BCUT2D eigenvalue weighted by Crippen LogP contribution is 2.29. The molecule has 0 bridgehead atoms. The molecule has 1 rings (SSSR count). The normalized spacial score (nSPS) is 11.0. The summed E-state index contributed by atoms with van der Waals surface area (Å²) in [5.74, 6) is -0.0701. The van der Waals surface area contributed by atoms with E-state index in [1.807, 2.05) is 5.38 Å². The van der Waals surface area contributed by atoms with Crippen molar-refractivity contribution in [2.45, 2.75) is 46.5 Å². The van der Waals surface area contributed by atoms with Crippen LogP contribution in [-0.4, -0.2) is 24.0 Å². The zero-order valence-electron chi connectivity index (χ0n) is 12.6. The Morgan fingerprint density at radius 3 is 2.45 bits per heavy atom. The number of thiazole rings is 1. The van der Waals surface area contributed by atoms with E-state index in [9.17, 15) is 4.79 Å². The summed E-state index contributed by atoms with van der Waals surface area (Å²) in [5, 5.41) is 5.76. The summed E-state index contributed by atoms with van der Waals surface area (Å²) in [4.78, 5) is 16.4. The smallest absolute Gasteiger partial charge is 0.270 e. The average molecular weight is 320 g/mol. The summed E-state index contributed by atoms with van der Waals surface area (Å²) in [7, 11) is 0. The van der Waals surface area contributed by atoms with Crippen LogP contribution in [0.3, 0.4) is 0 Å². The Morgan fingerprint density at radius 1 is 1.35 bits per heavy atom. The molecule has 1 aromatic heterocycles. The van der Waals surface area contributed by atoms with Gasteiger partial charge in [0.1, 0.15) is 5.69 Å². The van der Waals surface area contributed by atoms with Gasteiger partial charge in [-0.2, -0.15) is 0 Å². The second-order valence-corrected chi connectivity index (χ2v) is 5.85. The highest BCUT2D eigenvalue weighted by Gasteiger charge is 2.25. The molecule has 0 aromatic carbocycles. The predicted molar refractivity (Wildman–Crippen MR) is 87.8 cm³/mol. The molecule has 0 unspecified atom stereocenters. The van der Waals surface area contributed by atoms with Crippen LogP contribution in [0, 0.1) is 5.41 Å². The number of nitrogens with one attached hydrogen (secondary N) is 1. The minimum absolute atomic E-state index is 0. The number of aromatic nitrogens is 1. The lowest BCUT2D eigenvalue weighted by Crippen LogP contribution is -2.36. The largest absolute Gasteiger partial charge is 0.350 e. The summed E-state index contributed by atoms with van der Waals surface area (Å²) >= 11 is 1.50. The molecule has 0 radical (unpaired) electrons. The fourth-order valence-corrected chi connectivity index (χ4v) is 2.93. The van der Waals surface area contributed by atoms with E-state index in [0.717, 1.165) is 37.2 Å². The van der Waals surface area contributed by atoms with Crippen molar-refractivity contribution < 1.29 is 4.79 Å². The third kappa shape index (κ3) is 5.04. The maximum Gasteiger partial charge on any atom is 0.270 e. The van der Waals surface area contributed by atoms with Crippen LogP contribution >= 0.6 is 23.7 Å². The van der Waals surface area contributed by atoms with Gasteiger partial charge in [-0.3, -0.25) is 4.79 Å². The van der Waals surface area contributed by atoms with Crippen LogP contribution in [0.5, 0.6) is 0 Å². The van der Waals surface area contributed by atoms with Crippen molar-refractivity contribution >= 4 is 29.7 Å². The Kier molecular flexibility index (Phi) is 9.01. The molecule has 1 aromatic rings. The summed E-state index contributed by atoms with van der Waals surface area (Å²) < 4.78 is 0. The molecule has 1 heterocycles. The monoisotopic (exact) mass is 319 g/mol. The number of carbonyl (C=O) groups is 1. The Hall–Kier alpha value is -0.650. The minimum Gasteiger partial charge on any atom is -0.350 e. The molecule has 0 aliphatic heterocycles. The van der Waals surface area contributed by atoms with Crippen molar-refractivity contribution in [2.24, 2.45) is 11.1 Å². The van der Waals surface area contributed by atoms with E-state index >= 15 is 0 Å². The van der Waals surface area contributed by atoms with Gasteiger partial charge in [-0.05, 0) is 31.2 Å². The van der Waals surface area contributed by atoms with E-state index in [2.05, 4.69) is 31.1 Å². The van der Waals surface area contributed by atoms with Crippen LogP contribution in [0.25, 0.3) is 0 Å². The number of halogens is 1. The van der Waals surface area contributed by atoms with E-state index in [1.54, 1.807) is 0 Å². The van der Waals surface area contributed by atoms with Crippen LogP contribution < -0.4 is 11.1 Å². The zero-order valence-corrected chi connectivity index (χ0v) is 14.2. The highest BCUT2D eigenvalue weighted by molar-refractivity contribution is 7.09. The van der Waals surface area contributed by atoms with Crippen molar-refractivity contribution in [1.82, 2.24) is 10.3 Å². The van der Waals surface area contributed by atoms with E-state index in [-0.39, 0.29) is 23.7 Å². The van der Waals surface area contributed by atoms with E-state index < -0.39 is 0 Å². The summed E-state index contributed by atoms with van der Waals surface area (Å²) in [6.07, 6.45) is 3.97. The average Bonchev–Trinajstić information content (AvgIpc) is 2.90. The van der Waals surface area contributed by atoms with Gasteiger partial charge >= 0.3 is 0 Å². The highest BCUT2D eigenvalue weighted by atomic mass is 35.5. The summed E-state index contributed by atoms with van der Waals surface area (Å²) in [6, 6.07) is 0. The summed E-state index contributed by atoms with van der Waals surface area (Å²) in [5.41, 5.74) is 6.22. The van der Waals surface area contributed by atoms with Crippen LogP contribution in [0.2, 0.25) is 0 Å².